The Morgan fingerprint density at radius 3 is 2.40 bits per heavy atom. The number of amides is 2. The van der Waals surface area contributed by atoms with Gasteiger partial charge in [0.25, 0.3) is 0 Å². The monoisotopic (exact) mass is 346 g/mol. The lowest BCUT2D eigenvalue weighted by molar-refractivity contribution is -0.149. The van der Waals surface area contributed by atoms with Crippen molar-refractivity contribution in [1.82, 2.24) is 10.2 Å². The molecule has 1 saturated heterocycles. The van der Waals surface area contributed by atoms with E-state index in [1.807, 2.05) is 49.1 Å². The van der Waals surface area contributed by atoms with Crippen LogP contribution in [0.3, 0.4) is 0 Å². The minimum Gasteiger partial charge on any atom is -0.388 e. The van der Waals surface area contributed by atoms with E-state index in [2.05, 4.69) is 5.32 Å². The number of nitrogens with one attached hydrogen (secondary N) is 1. The van der Waals surface area contributed by atoms with Crippen molar-refractivity contribution in [2.75, 3.05) is 6.54 Å². The highest BCUT2D eigenvalue weighted by atomic mass is 16.3. The van der Waals surface area contributed by atoms with Gasteiger partial charge in [0.1, 0.15) is 0 Å². The van der Waals surface area contributed by atoms with Gasteiger partial charge >= 0.3 is 0 Å². The highest BCUT2D eigenvalue weighted by molar-refractivity contribution is 5.80. The van der Waals surface area contributed by atoms with Gasteiger partial charge in [-0.1, -0.05) is 44.2 Å². The molecule has 25 heavy (non-hydrogen) atoms. The molecular formula is C20H30N2O3. The summed E-state index contributed by atoms with van der Waals surface area (Å²) < 4.78 is 0. The average Bonchev–Trinajstić information content (AvgIpc) is 2.57. The minimum atomic E-state index is -1.07. The summed E-state index contributed by atoms with van der Waals surface area (Å²) in [5, 5.41) is 13.8. The van der Waals surface area contributed by atoms with Crippen LogP contribution in [-0.4, -0.2) is 40.0 Å². The Labute approximate surface area is 150 Å². The molecule has 0 radical (unpaired) electrons. The molecule has 1 aliphatic heterocycles. The van der Waals surface area contributed by atoms with E-state index in [9.17, 15) is 14.7 Å². The molecular weight excluding hydrogens is 316 g/mol. The molecule has 0 bridgehead atoms. The zero-order valence-corrected chi connectivity index (χ0v) is 15.7. The largest absolute Gasteiger partial charge is 0.388 e. The predicted molar refractivity (Wildman–Crippen MR) is 97.8 cm³/mol. The molecule has 3 atom stereocenters. The van der Waals surface area contributed by atoms with Crippen molar-refractivity contribution < 1.29 is 14.7 Å². The molecule has 5 heteroatoms. The summed E-state index contributed by atoms with van der Waals surface area (Å²) in [5.74, 6) is -0.139. The van der Waals surface area contributed by atoms with Gasteiger partial charge in [0.05, 0.1) is 17.7 Å². The third-order valence-electron chi connectivity index (χ3n) is 5.30. The molecule has 0 spiro atoms. The molecule has 1 aromatic rings. The molecule has 5 nitrogen and oxygen atoms in total. The molecule has 2 amide bonds. The molecule has 1 aromatic carbocycles. The summed E-state index contributed by atoms with van der Waals surface area (Å²) in [6.45, 7) is 7.71. The number of aliphatic hydroxyl groups is 1. The van der Waals surface area contributed by atoms with Crippen LogP contribution in [0.5, 0.6) is 0 Å². The molecule has 1 aliphatic rings. The summed E-state index contributed by atoms with van der Waals surface area (Å²) in [6, 6.07) is 8.75. The summed E-state index contributed by atoms with van der Waals surface area (Å²) in [5.41, 5.74) is -0.141. The van der Waals surface area contributed by atoms with Crippen LogP contribution >= 0.6 is 0 Å². The zero-order valence-electron chi connectivity index (χ0n) is 15.7. The SMILES string of the molecule is CCC(CC)C(=O)N1CC[C@@](C)(O)[C@@H](NC(C)=O)[C@@H]1c1ccccc1. The number of benzene rings is 1. The highest BCUT2D eigenvalue weighted by Gasteiger charge is 2.47. The highest BCUT2D eigenvalue weighted by Crippen LogP contribution is 2.38. The van der Waals surface area contributed by atoms with E-state index < -0.39 is 11.6 Å². The summed E-state index contributed by atoms with van der Waals surface area (Å²) >= 11 is 0. The van der Waals surface area contributed by atoms with Crippen LogP contribution < -0.4 is 5.32 Å². The first kappa shape index (κ1) is 19.4. The van der Waals surface area contributed by atoms with Gasteiger partial charge in [-0.25, -0.2) is 0 Å². The maximum atomic E-state index is 13.1. The van der Waals surface area contributed by atoms with Crippen molar-refractivity contribution >= 4 is 11.8 Å². The molecule has 2 rings (SSSR count). The fourth-order valence-electron chi connectivity index (χ4n) is 3.76. The van der Waals surface area contributed by atoms with Gasteiger partial charge in [-0.15, -0.1) is 0 Å². The van der Waals surface area contributed by atoms with Crippen LogP contribution in [0, 0.1) is 5.92 Å². The van der Waals surface area contributed by atoms with Gasteiger partial charge in [0.2, 0.25) is 11.8 Å². The minimum absolute atomic E-state index is 0.0350. The quantitative estimate of drug-likeness (QED) is 0.861. The van der Waals surface area contributed by atoms with Crippen molar-refractivity contribution in [2.45, 2.75) is 64.6 Å². The Balaban J connectivity index is 2.47. The van der Waals surface area contributed by atoms with Crippen LogP contribution in [0.1, 0.15) is 58.6 Å². The van der Waals surface area contributed by atoms with Gasteiger partial charge in [-0.2, -0.15) is 0 Å². The van der Waals surface area contributed by atoms with Crippen LogP contribution in [0.25, 0.3) is 0 Å². The van der Waals surface area contributed by atoms with E-state index in [1.54, 1.807) is 6.92 Å². The van der Waals surface area contributed by atoms with Crippen LogP contribution in [0.4, 0.5) is 0 Å². The van der Waals surface area contributed by atoms with E-state index in [0.29, 0.717) is 13.0 Å². The van der Waals surface area contributed by atoms with E-state index >= 15 is 0 Å². The van der Waals surface area contributed by atoms with E-state index in [-0.39, 0.29) is 23.8 Å². The van der Waals surface area contributed by atoms with Crippen molar-refractivity contribution in [3.05, 3.63) is 35.9 Å². The van der Waals surface area contributed by atoms with Crippen molar-refractivity contribution in [2.24, 2.45) is 5.92 Å². The second kappa shape index (κ2) is 8.00. The van der Waals surface area contributed by atoms with E-state index in [0.717, 1.165) is 18.4 Å². The summed E-state index contributed by atoms with van der Waals surface area (Å²) in [4.78, 5) is 26.7. The fourth-order valence-corrected chi connectivity index (χ4v) is 3.76. The van der Waals surface area contributed by atoms with Crippen molar-refractivity contribution in [1.29, 1.82) is 0 Å². The Hall–Kier alpha value is -1.88. The number of nitrogens with zero attached hydrogens (tertiary/aromatic N) is 1. The standard InChI is InChI=1S/C20H30N2O3/c1-5-15(6-2)19(24)22-13-12-20(4,25)18(21-14(3)23)17(22)16-10-8-7-9-11-16/h7-11,15,17-18,25H,5-6,12-13H2,1-4H3,(H,21,23)/t17-,18-,20+/m0/s1. The molecule has 1 fully saturated rings. The Morgan fingerprint density at radius 1 is 1.28 bits per heavy atom. The molecule has 0 aromatic heterocycles. The Morgan fingerprint density at radius 2 is 1.88 bits per heavy atom. The third-order valence-corrected chi connectivity index (χ3v) is 5.30. The number of likely N-dealkylation sites (tertiary alicyclic amines) is 1. The predicted octanol–water partition coefficient (Wildman–Crippen LogP) is 2.65. The Kier molecular flexibility index (Phi) is 6.22. The number of rotatable bonds is 5. The van der Waals surface area contributed by atoms with Gasteiger partial charge in [-0.3, -0.25) is 9.59 Å². The maximum Gasteiger partial charge on any atom is 0.226 e. The number of hydrogen-bond acceptors (Lipinski definition) is 3. The molecule has 0 saturated carbocycles. The molecule has 138 valence electrons. The second-order valence-electron chi connectivity index (χ2n) is 7.19. The van der Waals surface area contributed by atoms with Crippen molar-refractivity contribution in [3.63, 3.8) is 0 Å². The molecule has 0 unspecified atom stereocenters. The lowest BCUT2D eigenvalue weighted by Crippen LogP contribution is -2.63. The summed E-state index contributed by atoms with van der Waals surface area (Å²) in [6.07, 6.45) is 2.01. The van der Waals surface area contributed by atoms with Crippen LogP contribution in [-0.2, 0) is 9.59 Å². The first-order valence-corrected chi connectivity index (χ1v) is 9.16. The van der Waals surface area contributed by atoms with E-state index in [1.165, 1.54) is 6.92 Å². The number of carbonyl (C=O) groups is 2. The van der Waals surface area contributed by atoms with Crippen LogP contribution in [0.15, 0.2) is 30.3 Å². The van der Waals surface area contributed by atoms with Gasteiger partial charge in [0, 0.05) is 19.4 Å². The summed E-state index contributed by atoms with van der Waals surface area (Å²) in [7, 11) is 0. The first-order chi connectivity index (χ1) is 11.8. The van der Waals surface area contributed by atoms with Gasteiger partial charge < -0.3 is 15.3 Å². The molecule has 1 heterocycles. The third kappa shape index (κ3) is 4.21. The normalized spacial score (nSPS) is 26.6. The average molecular weight is 346 g/mol. The van der Waals surface area contributed by atoms with Crippen molar-refractivity contribution in [3.8, 4) is 0 Å². The molecule has 0 aliphatic carbocycles. The molecule has 2 N–H and O–H groups in total. The number of hydrogen-bond donors (Lipinski definition) is 2. The number of carbonyl (C=O) groups excluding carboxylic acids is 2. The number of piperidine rings is 1. The van der Waals surface area contributed by atoms with Gasteiger partial charge in [-0.05, 0) is 31.7 Å². The van der Waals surface area contributed by atoms with Crippen LogP contribution in [0.2, 0.25) is 0 Å². The fraction of sp³-hybridized carbons (Fsp3) is 0.600. The topological polar surface area (TPSA) is 69.6 Å². The lowest BCUT2D eigenvalue weighted by Gasteiger charge is -2.49. The lowest BCUT2D eigenvalue weighted by atomic mass is 9.79. The maximum absolute atomic E-state index is 13.1. The van der Waals surface area contributed by atoms with E-state index in [4.69, 9.17) is 0 Å². The first-order valence-electron chi connectivity index (χ1n) is 9.16. The second-order valence-corrected chi connectivity index (χ2v) is 7.19. The van der Waals surface area contributed by atoms with Gasteiger partial charge in [0.15, 0.2) is 0 Å². The smallest absolute Gasteiger partial charge is 0.226 e. The Bertz CT molecular complexity index is 596. The zero-order chi connectivity index (χ0) is 18.6.